The number of hydrogen-bond donors (Lipinski definition) is 0. The number of ether oxygens (including phenoxy) is 4. The van der Waals surface area contributed by atoms with Crippen molar-refractivity contribution in [2.24, 2.45) is 39.9 Å². The molecule has 0 heterocycles. The normalized spacial score (nSPS) is 32.5. The van der Waals surface area contributed by atoms with E-state index in [0.717, 1.165) is 42.1 Å². The molecule has 0 bridgehead atoms. The first-order chi connectivity index (χ1) is 27.9. The molecule has 0 radical (unpaired) electrons. The molecule has 4 nitrogen and oxygen atoms in total. The first-order valence-electron chi connectivity index (χ1n) is 23.1. The Morgan fingerprint density at radius 2 is 0.983 bits per heavy atom. The zero-order valence-electron chi connectivity index (χ0n) is 37.3. The molecule has 0 aliphatic heterocycles. The van der Waals surface area contributed by atoms with Crippen molar-refractivity contribution >= 4 is 0 Å². The first-order valence-corrected chi connectivity index (χ1v) is 23.1. The maximum atomic E-state index is 6.44. The van der Waals surface area contributed by atoms with E-state index >= 15 is 0 Å². The van der Waals surface area contributed by atoms with Gasteiger partial charge in [-0.2, -0.15) is 0 Å². The Morgan fingerprint density at radius 1 is 0.534 bits per heavy atom. The summed E-state index contributed by atoms with van der Waals surface area (Å²) in [7, 11) is 0. The molecule has 0 saturated heterocycles. The molecule has 0 amide bonds. The summed E-state index contributed by atoms with van der Waals surface area (Å²) in [6.07, 6.45) is 30.8. The molecule has 4 atom stereocenters. The van der Waals surface area contributed by atoms with Crippen molar-refractivity contribution in [3.05, 3.63) is 109 Å². The fourth-order valence-corrected chi connectivity index (χ4v) is 13.1. The minimum absolute atomic E-state index is 0.0447. The second-order valence-corrected chi connectivity index (χ2v) is 20.7. The van der Waals surface area contributed by atoms with Crippen LogP contribution in [0.5, 0.6) is 11.5 Å². The molecule has 318 valence electrons. The predicted molar refractivity (Wildman–Crippen MR) is 243 cm³/mol. The number of hydrogen-bond acceptors (Lipinski definition) is 4. The topological polar surface area (TPSA) is 36.9 Å². The van der Waals surface area contributed by atoms with Gasteiger partial charge in [0.1, 0.15) is 24.7 Å². The third-order valence-electron chi connectivity index (χ3n) is 14.6. The lowest BCUT2D eigenvalue weighted by Gasteiger charge is -2.58. The lowest BCUT2D eigenvalue weighted by Crippen LogP contribution is -2.49. The highest BCUT2D eigenvalue weighted by Crippen LogP contribution is 2.62. The Bertz CT molecular complexity index is 1630. The quantitative estimate of drug-likeness (QED) is 0.118. The molecule has 4 aliphatic carbocycles. The van der Waals surface area contributed by atoms with Gasteiger partial charge >= 0.3 is 0 Å². The molecule has 2 aromatic carbocycles. The summed E-state index contributed by atoms with van der Waals surface area (Å²) in [5.74, 6) is 4.90. The maximum absolute atomic E-state index is 6.44. The van der Waals surface area contributed by atoms with E-state index in [4.69, 9.17) is 18.9 Å². The largest absolute Gasteiger partial charge is 0.490 e. The molecule has 4 unspecified atom stereocenters. The smallest absolute Gasteiger partial charge is 0.119 e. The first kappa shape index (κ1) is 44.5. The molecular weight excluding hydrogens is 713 g/mol. The number of rotatable bonds is 17. The van der Waals surface area contributed by atoms with Gasteiger partial charge in [0.2, 0.25) is 0 Å². The van der Waals surface area contributed by atoms with Gasteiger partial charge in [-0.1, -0.05) is 103 Å². The molecule has 4 saturated carbocycles. The minimum atomic E-state index is -0.0447. The summed E-state index contributed by atoms with van der Waals surface area (Å²) in [5, 5.41) is 0. The molecule has 4 heteroatoms. The third-order valence-corrected chi connectivity index (χ3v) is 14.6. The highest BCUT2D eigenvalue weighted by atomic mass is 16.5. The van der Waals surface area contributed by atoms with Gasteiger partial charge in [-0.15, -0.1) is 6.58 Å². The van der Waals surface area contributed by atoms with Gasteiger partial charge in [-0.25, -0.2) is 0 Å². The molecule has 2 aromatic rings. The molecule has 0 N–H and O–H groups in total. The van der Waals surface area contributed by atoms with Crippen molar-refractivity contribution in [3.63, 3.8) is 0 Å². The average Bonchev–Trinajstić information content (AvgIpc) is 3.19. The van der Waals surface area contributed by atoms with Crippen molar-refractivity contribution in [3.8, 4) is 11.5 Å². The van der Waals surface area contributed by atoms with Gasteiger partial charge in [0.25, 0.3) is 0 Å². The molecule has 58 heavy (non-hydrogen) atoms. The van der Waals surface area contributed by atoms with Crippen LogP contribution in [0.15, 0.2) is 98.1 Å². The molecule has 0 aromatic heterocycles. The zero-order chi connectivity index (χ0) is 41.2. The molecule has 6 rings (SSSR count). The van der Waals surface area contributed by atoms with E-state index in [1.807, 2.05) is 6.08 Å². The van der Waals surface area contributed by atoms with Crippen molar-refractivity contribution in [2.45, 2.75) is 149 Å². The summed E-state index contributed by atoms with van der Waals surface area (Å²) < 4.78 is 24.5. The third kappa shape index (κ3) is 11.4. The minimum Gasteiger partial charge on any atom is -0.490 e. The van der Waals surface area contributed by atoms with Gasteiger partial charge in [0.15, 0.2) is 0 Å². The van der Waals surface area contributed by atoms with E-state index in [1.165, 1.54) is 88.2 Å². The fourth-order valence-electron chi connectivity index (χ4n) is 13.1. The fraction of sp³-hybridized carbons (Fsp3) is 0.630. The second kappa shape index (κ2) is 20.0. The highest BCUT2D eigenvalue weighted by molar-refractivity contribution is 5.44. The van der Waals surface area contributed by atoms with E-state index in [-0.39, 0.29) is 10.8 Å². The Morgan fingerprint density at radius 3 is 1.47 bits per heavy atom. The van der Waals surface area contributed by atoms with Crippen molar-refractivity contribution in [2.75, 3.05) is 26.4 Å². The predicted octanol–water partition coefficient (Wildman–Crippen LogP) is 14.0. The van der Waals surface area contributed by atoms with Gasteiger partial charge in [-0.3, -0.25) is 0 Å². The van der Waals surface area contributed by atoms with E-state index < -0.39 is 0 Å². The van der Waals surface area contributed by atoms with Crippen LogP contribution in [0.25, 0.3) is 0 Å². The van der Waals surface area contributed by atoms with Gasteiger partial charge < -0.3 is 18.9 Å². The Kier molecular flexibility index (Phi) is 15.3. The lowest BCUT2D eigenvalue weighted by molar-refractivity contribution is -0.0962. The summed E-state index contributed by atoms with van der Waals surface area (Å²) in [5.41, 5.74) is 3.85. The Hall–Kier alpha value is -3.08. The Labute approximate surface area is 353 Å². The Balaban J connectivity index is 0.967. The van der Waals surface area contributed by atoms with E-state index in [2.05, 4.69) is 128 Å². The maximum Gasteiger partial charge on any atom is 0.119 e. The van der Waals surface area contributed by atoms with E-state index in [9.17, 15) is 0 Å². The van der Waals surface area contributed by atoms with Crippen molar-refractivity contribution in [1.82, 2.24) is 0 Å². The van der Waals surface area contributed by atoms with Gasteiger partial charge in [-0.05, 0) is 171 Å². The van der Waals surface area contributed by atoms with Gasteiger partial charge in [0, 0.05) is 5.41 Å². The summed E-state index contributed by atoms with van der Waals surface area (Å²) >= 11 is 0. The standard InChI is InChI=1S/C54H78O4/c1-9-31-55-47-23-15-43(16-24-47)53(37-41(3)35-51(5,6)39-53)45-19-27-49(28-20-45)57-33-13-11-12-14-34-58-50-29-21-46(22-30-50)54(38-42(4)36-52(7,8)40-54)44-17-25-48(26-18-44)56-32-10-2/h9-16,19-20,23-24,27-28,41-42,44,46,48,50H,1-2,17-18,21-22,25-26,29-40H2,3-8H3/b13-11+,14-12+. The van der Waals surface area contributed by atoms with Crippen LogP contribution in [0, 0.1) is 39.9 Å². The monoisotopic (exact) mass is 791 g/mol. The summed E-state index contributed by atoms with van der Waals surface area (Å²) in [4.78, 5) is 0. The average molecular weight is 791 g/mol. The SMILES string of the molecule is C=CCOc1ccc(C2(c3ccc(OC/C=C/C=C/COC4CCC(C5(C6CCC(OCC=C)CC6)CC(C)CC(C)(C)C5)CC4)cc3)CC(C)CC(C)(C)C2)cc1. The molecular formula is C54H78O4. The van der Waals surface area contributed by atoms with Crippen LogP contribution in [0.1, 0.15) is 143 Å². The van der Waals surface area contributed by atoms with Crippen LogP contribution in [-0.2, 0) is 14.9 Å². The van der Waals surface area contributed by atoms with Crippen LogP contribution in [0.4, 0.5) is 0 Å². The van der Waals surface area contributed by atoms with Crippen molar-refractivity contribution < 1.29 is 18.9 Å². The van der Waals surface area contributed by atoms with Crippen LogP contribution < -0.4 is 9.47 Å². The van der Waals surface area contributed by atoms with Crippen LogP contribution in [0.2, 0.25) is 0 Å². The van der Waals surface area contributed by atoms with E-state index in [0.29, 0.717) is 55.4 Å². The summed E-state index contributed by atoms with van der Waals surface area (Å²) in [6.45, 7) is 25.0. The van der Waals surface area contributed by atoms with Gasteiger partial charge in [0.05, 0.1) is 25.4 Å². The molecule has 4 fully saturated rings. The molecule has 0 spiro atoms. The number of allylic oxidation sites excluding steroid dienone is 2. The lowest BCUT2D eigenvalue weighted by atomic mass is 9.48. The second-order valence-electron chi connectivity index (χ2n) is 20.7. The van der Waals surface area contributed by atoms with E-state index in [1.54, 1.807) is 6.08 Å². The number of benzene rings is 2. The zero-order valence-corrected chi connectivity index (χ0v) is 37.3. The van der Waals surface area contributed by atoms with Crippen LogP contribution in [0.3, 0.4) is 0 Å². The summed E-state index contributed by atoms with van der Waals surface area (Å²) in [6, 6.07) is 17.7. The van der Waals surface area contributed by atoms with Crippen molar-refractivity contribution in [1.29, 1.82) is 0 Å². The van der Waals surface area contributed by atoms with Crippen LogP contribution in [-0.4, -0.2) is 38.6 Å². The molecule has 4 aliphatic rings. The van der Waals surface area contributed by atoms with Crippen LogP contribution >= 0.6 is 0 Å². The highest BCUT2D eigenvalue weighted by Gasteiger charge is 2.52.